The molecule has 2 saturated heterocycles. The molecule has 198 valence electrons. The summed E-state index contributed by atoms with van der Waals surface area (Å²) >= 11 is 0. The fourth-order valence-corrected chi connectivity index (χ4v) is 6.09. The van der Waals surface area contributed by atoms with Crippen molar-refractivity contribution >= 4 is 23.0 Å². The van der Waals surface area contributed by atoms with Crippen LogP contribution in [0.4, 0.5) is 17.3 Å². The first-order valence-electron chi connectivity index (χ1n) is 14.0. The average molecular weight is 510 g/mol. The fraction of sp³-hybridized carbons (Fsp3) is 0.419. The third-order valence-corrected chi connectivity index (χ3v) is 8.60. The van der Waals surface area contributed by atoms with Crippen LogP contribution in [0.1, 0.15) is 41.0 Å². The first kappa shape index (κ1) is 24.7. The number of fused-ring (bicyclic) bond motifs is 1. The maximum absolute atomic E-state index is 5.84. The SMILES string of the molecule is C=C(N)c1ccc(C2CCN(c3ccc4c(c3)CN(c3cc(N5CCN(C)CC5)ncn3)CC4)CC2)cc1. The van der Waals surface area contributed by atoms with Crippen LogP contribution in [0.25, 0.3) is 5.70 Å². The summed E-state index contributed by atoms with van der Waals surface area (Å²) in [6, 6.07) is 17.9. The summed E-state index contributed by atoms with van der Waals surface area (Å²) in [7, 11) is 2.18. The number of piperidine rings is 1. The van der Waals surface area contributed by atoms with Gasteiger partial charge in [0.2, 0.25) is 0 Å². The molecule has 38 heavy (non-hydrogen) atoms. The second-order valence-corrected chi connectivity index (χ2v) is 11.1. The van der Waals surface area contributed by atoms with E-state index in [2.05, 4.69) is 91.7 Å². The molecule has 6 rings (SSSR count). The minimum Gasteiger partial charge on any atom is -0.399 e. The number of likely N-dealkylation sites (N-methyl/N-ethyl adjacent to an activating group) is 1. The van der Waals surface area contributed by atoms with Crippen LogP contribution in [-0.4, -0.2) is 67.7 Å². The number of piperazine rings is 1. The minimum absolute atomic E-state index is 0.603. The van der Waals surface area contributed by atoms with Crippen molar-refractivity contribution in [3.63, 3.8) is 0 Å². The molecular formula is C31H39N7. The van der Waals surface area contributed by atoms with Gasteiger partial charge in [-0.15, -0.1) is 0 Å². The van der Waals surface area contributed by atoms with Gasteiger partial charge in [-0.25, -0.2) is 9.97 Å². The van der Waals surface area contributed by atoms with Crippen molar-refractivity contribution in [3.05, 3.63) is 83.7 Å². The summed E-state index contributed by atoms with van der Waals surface area (Å²) in [6.45, 7) is 12.1. The highest BCUT2D eigenvalue weighted by molar-refractivity contribution is 5.60. The Kier molecular flexibility index (Phi) is 6.94. The van der Waals surface area contributed by atoms with E-state index in [1.807, 2.05) is 0 Å². The van der Waals surface area contributed by atoms with Crippen LogP contribution in [-0.2, 0) is 13.0 Å². The van der Waals surface area contributed by atoms with E-state index < -0.39 is 0 Å². The number of rotatable bonds is 5. The van der Waals surface area contributed by atoms with E-state index in [9.17, 15) is 0 Å². The van der Waals surface area contributed by atoms with Crippen LogP contribution in [0.15, 0.2) is 61.4 Å². The van der Waals surface area contributed by atoms with Crippen LogP contribution < -0.4 is 20.4 Å². The molecule has 4 heterocycles. The number of hydrogen-bond donors (Lipinski definition) is 1. The Labute approximate surface area is 226 Å². The standard InChI is InChI=1S/C31H39N7/c1-23(32)24-3-5-25(6-4-24)27-9-12-36(13-10-27)29-8-7-26-11-14-38(21-28(26)19-29)31-20-30(33-22-34-31)37-17-15-35(2)16-18-37/h3-8,19-20,22,27H,1,9-18,21,32H2,2H3. The van der Waals surface area contributed by atoms with E-state index in [0.717, 1.165) is 76.0 Å². The maximum Gasteiger partial charge on any atom is 0.134 e. The largest absolute Gasteiger partial charge is 0.399 e. The van der Waals surface area contributed by atoms with Gasteiger partial charge in [0.25, 0.3) is 0 Å². The Bertz CT molecular complexity index is 1270. The summed E-state index contributed by atoms with van der Waals surface area (Å²) in [4.78, 5) is 19.0. The molecule has 3 aliphatic rings. The molecular weight excluding hydrogens is 470 g/mol. The molecule has 1 aromatic heterocycles. The number of hydrogen-bond acceptors (Lipinski definition) is 7. The van der Waals surface area contributed by atoms with Crippen molar-refractivity contribution in [2.45, 2.75) is 31.7 Å². The highest BCUT2D eigenvalue weighted by atomic mass is 15.3. The lowest BCUT2D eigenvalue weighted by molar-refractivity contribution is 0.312. The van der Waals surface area contributed by atoms with Gasteiger partial charge in [0.1, 0.15) is 18.0 Å². The van der Waals surface area contributed by atoms with Crippen molar-refractivity contribution in [1.82, 2.24) is 14.9 Å². The predicted molar refractivity (Wildman–Crippen MR) is 157 cm³/mol. The summed E-state index contributed by atoms with van der Waals surface area (Å²) in [5, 5.41) is 0. The van der Waals surface area contributed by atoms with Gasteiger partial charge in [-0.3, -0.25) is 0 Å². The zero-order valence-corrected chi connectivity index (χ0v) is 22.5. The Morgan fingerprint density at radius 2 is 1.50 bits per heavy atom. The lowest BCUT2D eigenvalue weighted by Gasteiger charge is -2.36. The number of nitrogens with zero attached hydrogens (tertiary/aromatic N) is 6. The van der Waals surface area contributed by atoms with Gasteiger partial charge in [-0.1, -0.05) is 36.9 Å². The van der Waals surface area contributed by atoms with Gasteiger partial charge in [-0.2, -0.15) is 0 Å². The Hall–Kier alpha value is -3.58. The predicted octanol–water partition coefficient (Wildman–Crippen LogP) is 4.10. The molecule has 0 bridgehead atoms. The monoisotopic (exact) mass is 509 g/mol. The molecule has 3 aromatic rings. The lowest BCUT2D eigenvalue weighted by Crippen LogP contribution is -2.45. The van der Waals surface area contributed by atoms with E-state index in [1.165, 1.54) is 35.2 Å². The summed E-state index contributed by atoms with van der Waals surface area (Å²) in [6.07, 6.45) is 5.12. The smallest absolute Gasteiger partial charge is 0.134 e. The van der Waals surface area contributed by atoms with Crippen molar-refractivity contribution in [1.29, 1.82) is 0 Å². The van der Waals surface area contributed by atoms with Crippen LogP contribution >= 0.6 is 0 Å². The molecule has 0 radical (unpaired) electrons. The van der Waals surface area contributed by atoms with Crippen LogP contribution in [0.2, 0.25) is 0 Å². The number of benzene rings is 2. The molecule has 2 fully saturated rings. The minimum atomic E-state index is 0.603. The van der Waals surface area contributed by atoms with Gasteiger partial charge in [-0.05, 0) is 66.6 Å². The number of nitrogens with two attached hydrogens (primary N) is 1. The molecule has 0 aliphatic carbocycles. The van der Waals surface area contributed by atoms with Gasteiger partial charge in [0.05, 0.1) is 0 Å². The van der Waals surface area contributed by atoms with Crippen molar-refractivity contribution in [2.24, 2.45) is 5.73 Å². The Morgan fingerprint density at radius 3 is 2.21 bits per heavy atom. The molecule has 0 amide bonds. The number of anilines is 3. The normalized spacial score (nSPS) is 18.9. The molecule has 0 atom stereocenters. The molecule has 2 N–H and O–H groups in total. The summed E-state index contributed by atoms with van der Waals surface area (Å²) < 4.78 is 0. The summed E-state index contributed by atoms with van der Waals surface area (Å²) in [5.74, 6) is 2.69. The van der Waals surface area contributed by atoms with Crippen LogP contribution in [0, 0.1) is 0 Å². The molecule has 7 nitrogen and oxygen atoms in total. The fourth-order valence-electron chi connectivity index (χ4n) is 6.09. The summed E-state index contributed by atoms with van der Waals surface area (Å²) in [5.41, 5.74) is 13.1. The quantitative estimate of drug-likeness (QED) is 0.555. The van der Waals surface area contributed by atoms with Gasteiger partial charge in [0, 0.05) is 69.8 Å². The highest BCUT2D eigenvalue weighted by Crippen LogP contribution is 2.33. The zero-order valence-electron chi connectivity index (χ0n) is 22.5. The molecule has 0 saturated carbocycles. The Balaban J connectivity index is 1.11. The first-order valence-corrected chi connectivity index (χ1v) is 14.0. The maximum atomic E-state index is 5.84. The average Bonchev–Trinajstić information content (AvgIpc) is 2.97. The molecule has 0 spiro atoms. The highest BCUT2D eigenvalue weighted by Gasteiger charge is 2.24. The second-order valence-electron chi connectivity index (χ2n) is 11.1. The van der Waals surface area contributed by atoms with E-state index >= 15 is 0 Å². The number of aromatic nitrogens is 2. The third-order valence-electron chi connectivity index (χ3n) is 8.60. The van der Waals surface area contributed by atoms with Gasteiger partial charge >= 0.3 is 0 Å². The van der Waals surface area contributed by atoms with E-state index in [4.69, 9.17) is 5.73 Å². The van der Waals surface area contributed by atoms with E-state index in [0.29, 0.717) is 11.6 Å². The van der Waals surface area contributed by atoms with Gasteiger partial charge in [0.15, 0.2) is 0 Å². The van der Waals surface area contributed by atoms with Gasteiger partial charge < -0.3 is 25.3 Å². The van der Waals surface area contributed by atoms with E-state index in [-0.39, 0.29) is 0 Å². The molecule has 0 unspecified atom stereocenters. The second kappa shape index (κ2) is 10.7. The van der Waals surface area contributed by atoms with Crippen LogP contribution in [0.3, 0.4) is 0 Å². The van der Waals surface area contributed by atoms with Crippen molar-refractivity contribution < 1.29 is 0 Å². The van der Waals surface area contributed by atoms with Crippen LogP contribution in [0.5, 0.6) is 0 Å². The topological polar surface area (TPSA) is 64.8 Å². The lowest BCUT2D eigenvalue weighted by atomic mass is 9.88. The van der Waals surface area contributed by atoms with E-state index in [1.54, 1.807) is 6.33 Å². The van der Waals surface area contributed by atoms with Crippen molar-refractivity contribution in [3.8, 4) is 0 Å². The molecule has 2 aromatic carbocycles. The zero-order chi connectivity index (χ0) is 26.1. The third kappa shape index (κ3) is 5.20. The molecule has 7 heteroatoms. The Morgan fingerprint density at radius 1 is 0.789 bits per heavy atom. The van der Waals surface area contributed by atoms with Crippen molar-refractivity contribution in [2.75, 3.05) is 67.6 Å². The first-order chi connectivity index (χ1) is 18.5. The molecule has 3 aliphatic heterocycles.